The summed E-state index contributed by atoms with van der Waals surface area (Å²) in [7, 11) is 0. The van der Waals surface area contributed by atoms with Gasteiger partial charge in [-0.3, -0.25) is 9.69 Å². The Kier molecular flexibility index (Phi) is 5.77. The second-order valence-electron chi connectivity index (χ2n) is 5.02. The number of carbonyl (C=O) groups is 1. The molecule has 118 valence electrons. The first-order valence-electron chi connectivity index (χ1n) is 7.28. The fraction of sp³-hybridized carbons (Fsp3) is 0.692. The number of nitrogens with zero attached hydrogens (tertiary/aromatic N) is 3. The van der Waals surface area contributed by atoms with Crippen LogP contribution in [0, 0.1) is 0 Å². The zero-order chi connectivity index (χ0) is 15.2. The van der Waals surface area contributed by atoms with E-state index in [1.165, 1.54) is 11.3 Å². The lowest BCUT2D eigenvalue weighted by molar-refractivity contribution is 0.0620. The summed E-state index contributed by atoms with van der Waals surface area (Å²) in [4.78, 5) is 21.2. The summed E-state index contributed by atoms with van der Waals surface area (Å²) < 4.78 is 0. The van der Waals surface area contributed by atoms with Crippen molar-refractivity contribution >= 4 is 28.2 Å². The maximum Gasteiger partial charge on any atom is 0.267 e. The number of carbonyl (C=O) groups excluding carboxylic acids is 1. The number of nitrogens with one attached hydrogen (secondary N) is 1. The number of rotatable bonds is 6. The van der Waals surface area contributed by atoms with Crippen LogP contribution in [-0.4, -0.2) is 71.7 Å². The first-order chi connectivity index (χ1) is 10.2. The van der Waals surface area contributed by atoms with Gasteiger partial charge in [-0.15, -0.1) is 0 Å². The molecular weight excluding hydrogens is 290 g/mol. The fourth-order valence-electron chi connectivity index (χ4n) is 2.25. The van der Waals surface area contributed by atoms with Gasteiger partial charge < -0.3 is 21.1 Å². The number of piperazine rings is 1. The number of nitrogens with two attached hydrogens (primary N) is 1. The van der Waals surface area contributed by atoms with Gasteiger partial charge in [0, 0.05) is 39.3 Å². The Bertz CT molecular complexity index is 471. The third kappa shape index (κ3) is 4.05. The summed E-state index contributed by atoms with van der Waals surface area (Å²) in [6, 6.07) is 0. The van der Waals surface area contributed by atoms with Gasteiger partial charge in [-0.05, 0) is 6.42 Å². The summed E-state index contributed by atoms with van der Waals surface area (Å²) in [5, 5.41) is 12.8. The number of hydrogen-bond acceptors (Lipinski definition) is 7. The lowest BCUT2D eigenvalue weighted by Gasteiger charge is -2.34. The van der Waals surface area contributed by atoms with E-state index in [1.54, 1.807) is 4.90 Å². The number of hydrogen-bond donors (Lipinski definition) is 3. The van der Waals surface area contributed by atoms with E-state index in [-0.39, 0.29) is 12.5 Å². The second-order valence-corrected chi connectivity index (χ2v) is 6.02. The van der Waals surface area contributed by atoms with Gasteiger partial charge in [0.15, 0.2) is 5.13 Å². The third-order valence-electron chi connectivity index (χ3n) is 3.45. The normalized spacial score (nSPS) is 16.2. The Morgan fingerprint density at radius 2 is 2.14 bits per heavy atom. The van der Waals surface area contributed by atoms with Crippen molar-refractivity contribution in [3.63, 3.8) is 0 Å². The van der Waals surface area contributed by atoms with Gasteiger partial charge in [0.1, 0.15) is 10.7 Å². The highest BCUT2D eigenvalue weighted by molar-refractivity contribution is 7.18. The molecule has 8 heteroatoms. The van der Waals surface area contributed by atoms with E-state index in [2.05, 4.69) is 22.1 Å². The van der Waals surface area contributed by atoms with Crippen LogP contribution in [0.5, 0.6) is 0 Å². The van der Waals surface area contributed by atoms with E-state index in [1.807, 2.05) is 0 Å². The molecule has 1 aliphatic rings. The van der Waals surface area contributed by atoms with E-state index in [4.69, 9.17) is 10.8 Å². The fourth-order valence-corrected chi connectivity index (χ4v) is 3.13. The molecule has 0 atom stereocenters. The van der Waals surface area contributed by atoms with Crippen LogP contribution >= 0.6 is 11.3 Å². The molecule has 0 unspecified atom stereocenters. The van der Waals surface area contributed by atoms with E-state index < -0.39 is 0 Å². The molecule has 0 aliphatic carbocycles. The molecule has 0 aromatic carbocycles. The molecule has 1 aromatic heterocycles. The minimum Gasteiger partial charge on any atom is -0.395 e. The summed E-state index contributed by atoms with van der Waals surface area (Å²) in [6.45, 7) is 6.60. The highest BCUT2D eigenvalue weighted by Gasteiger charge is 2.25. The highest BCUT2D eigenvalue weighted by Crippen LogP contribution is 2.26. The predicted octanol–water partition coefficient (Wildman–Crippen LogP) is 0.297. The molecule has 1 amide bonds. The summed E-state index contributed by atoms with van der Waals surface area (Å²) in [5.74, 6) is 0.264. The van der Waals surface area contributed by atoms with Gasteiger partial charge in [0.05, 0.1) is 6.61 Å². The van der Waals surface area contributed by atoms with E-state index in [9.17, 15) is 4.79 Å². The largest absolute Gasteiger partial charge is 0.395 e. The molecule has 0 radical (unpaired) electrons. The van der Waals surface area contributed by atoms with E-state index >= 15 is 0 Å². The third-order valence-corrected chi connectivity index (χ3v) is 4.47. The molecule has 2 rings (SSSR count). The van der Waals surface area contributed by atoms with Gasteiger partial charge in [-0.1, -0.05) is 18.3 Å². The van der Waals surface area contributed by atoms with E-state index in [0.29, 0.717) is 35.5 Å². The van der Waals surface area contributed by atoms with Gasteiger partial charge in [0.2, 0.25) is 0 Å². The Morgan fingerprint density at radius 1 is 1.43 bits per heavy atom. The number of aliphatic hydroxyl groups is 1. The van der Waals surface area contributed by atoms with Crippen LogP contribution in [0.2, 0.25) is 0 Å². The summed E-state index contributed by atoms with van der Waals surface area (Å²) in [6.07, 6.45) is 0.996. The number of aromatic nitrogens is 1. The van der Waals surface area contributed by atoms with Crippen LogP contribution in [0.15, 0.2) is 0 Å². The van der Waals surface area contributed by atoms with Crippen molar-refractivity contribution in [3.8, 4) is 0 Å². The number of amides is 1. The highest BCUT2D eigenvalue weighted by atomic mass is 32.1. The van der Waals surface area contributed by atoms with Gasteiger partial charge in [-0.2, -0.15) is 0 Å². The van der Waals surface area contributed by atoms with Crippen molar-refractivity contribution < 1.29 is 9.90 Å². The molecule has 0 spiro atoms. The van der Waals surface area contributed by atoms with Gasteiger partial charge >= 0.3 is 0 Å². The van der Waals surface area contributed by atoms with Crippen LogP contribution in [0.3, 0.4) is 0 Å². The number of anilines is 2. The average Bonchev–Trinajstić information content (AvgIpc) is 2.86. The Hall–Kier alpha value is -1.38. The molecule has 1 fully saturated rings. The predicted molar refractivity (Wildman–Crippen MR) is 84.7 cm³/mol. The maximum absolute atomic E-state index is 12.5. The topological polar surface area (TPSA) is 94.7 Å². The van der Waals surface area contributed by atoms with Crippen molar-refractivity contribution in [2.45, 2.75) is 13.3 Å². The number of β-amino-alcohol motifs (C(OH)–C–C–N with tert-alkyl or cyclic N) is 1. The standard InChI is InChI=1S/C13H23N5O2S/c1-2-3-15-13-16-11(14)10(21-13)12(20)18-6-4-17(5-7-18)8-9-19/h19H,2-9,14H2,1H3,(H,15,16). The van der Waals surface area contributed by atoms with Crippen molar-refractivity contribution in [1.29, 1.82) is 0 Å². The summed E-state index contributed by atoms with van der Waals surface area (Å²) in [5.41, 5.74) is 5.86. The molecule has 1 saturated heterocycles. The molecule has 7 nitrogen and oxygen atoms in total. The number of nitrogen functional groups attached to an aromatic ring is 1. The van der Waals surface area contributed by atoms with Crippen LogP contribution in [-0.2, 0) is 0 Å². The average molecular weight is 313 g/mol. The second kappa shape index (κ2) is 7.58. The zero-order valence-corrected chi connectivity index (χ0v) is 13.2. The van der Waals surface area contributed by atoms with Crippen molar-refractivity contribution in [1.82, 2.24) is 14.8 Å². The molecule has 4 N–H and O–H groups in total. The Morgan fingerprint density at radius 3 is 2.76 bits per heavy atom. The van der Waals surface area contributed by atoms with Gasteiger partial charge in [0.25, 0.3) is 5.91 Å². The monoisotopic (exact) mass is 313 g/mol. The smallest absolute Gasteiger partial charge is 0.267 e. The van der Waals surface area contributed by atoms with Crippen molar-refractivity contribution in [3.05, 3.63) is 4.88 Å². The minimum atomic E-state index is -0.0433. The summed E-state index contributed by atoms with van der Waals surface area (Å²) >= 11 is 1.32. The first-order valence-corrected chi connectivity index (χ1v) is 8.10. The SMILES string of the molecule is CCCNc1nc(N)c(C(=O)N2CCN(CCO)CC2)s1. The quantitative estimate of drug-likeness (QED) is 0.699. The minimum absolute atomic E-state index is 0.0433. The number of aliphatic hydroxyl groups excluding tert-OH is 1. The van der Waals surface area contributed by atoms with Gasteiger partial charge in [-0.25, -0.2) is 4.98 Å². The molecular formula is C13H23N5O2S. The molecule has 0 saturated carbocycles. The number of thiazole rings is 1. The van der Waals surface area contributed by atoms with Crippen LogP contribution in [0.1, 0.15) is 23.0 Å². The van der Waals surface area contributed by atoms with Crippen LogP contribution in [0.25, 0.3) is 0 Å². The molecule has 0 bridgehead atoms. The molecule has 1 aliphatic heterocycles. The van der Waals surface area contributed by atoms with Crippen LogP contribution in [0.4, 0.5) is 10.9 Å². The Labute approximate surface area is 128 Å². The molecule has 21 heavy (non-hydrogen) atoms. The lowest BCUT2D eigenvalue weighted by Crippen LogP contribution is -2.49. The molecule has 2 heterocycles. The molecule has 1 aromatic rings. The Balaban J connectivity index is 1.95. The first kappa shape index (κ1) is 16.0. The van der Waals surface area contributed by atoms with Crippen molar-refractivity contribution in [2.75, 3.05) is 56.9 Å². The lowest BCUT2D eigenvalue weighted by atomic mass is 10.3. The maximum atomic E-state index is 12.5. The zero-order valence-electron chi connectivity index (χ0n) is 12.3. The van der Waals surface area contributed by atoms with E-state index in [0.717, 1.165) is 26.1 Å². The van der Waals surface area contributed by atoms with Crippen molar-refractivity contribution in [2.24, 2.45) is 0 Å². The van der Waals surface area contributed by atoms with Crippen LogP contribution < -0.4 is 11.1 Å².